The van der Waals surface area contributed by atoms with Crippen LogP contribution in [0.15, 0.2) is 6.20 Å². The van der Waals surface area contributed by atoms with Gasteiger partial charge in [0, 0.05) is 19.0 Å². The highest BCUT2D eigenvalue weighted by atomic mass is 35.5. The number of aromatic nitrogens is 2. The maximum absolute atomic E-state index is 11.4. The summed E-state index contributed by atoms with van der Waals surface area (Å²) in [5.74, 6) is 0.425. The maximum atomic E-state index is 11.4. The fraction of sp³-hybridized carbons (Fsp3) is 0.500. The van der Waals surface area contributed by atoms with Crippen molar-refractivity contribution in [2.24, 2.45) is 0 Å². The summed E-state index contributed by atoms with van der Waals surface area (Å²) in [5.41, 5.74) is 6.04. The molecule has 1 aromatic rings. The van der Waals surface area contributed by atoms with Crippen LogP contribution in [0.5, 0.6) is 0 Å². The summed E-state index contributed by atoms with van der Waals surface area (Å²) in [4.78, 5) is 19.0. The fourth-order valence-corrected chi connectivity index (χ4v) is 1.33. The van der Waals surface area contributed by atoms with E-state index in [9.17, 15) is 4.79 Å². The molecule has 1 rings (SSSR count). The molecule has 0 spiro atoms. The zero-order chi connectivity index (χ0) is 12.8. The van der Waals surface area contributed by atoms with Crippen LogP contribution in [0.25, 0.3) is 0 Å². The summed E-state index contributed by atoms with van der Waals surface area (Å²) < 4.78 is 0. The normalized spacial score (nSPS) is 10.4. The number of nitrogens with zero attached hydrogens (tertiary/aromatic N) is 2. The summed E-state index contributed by atoms with van der Waals surface area (Å²) in [6.07, 6.45) is 1.77. The van der Waals surface area contributed by atoms with E-state index in [-0.39, 0.29) is 17.2 Å². The van der Waals surface area contributed by atoms with Gasteiger partial charge in [-0.25, -0.2) is 4.98 Å². The molecule has 0 aliphatic carbocycles. The Morgan fingerprint density at radius 3 is 2.94 bits per heavy atom. The van der Waals surface area contributed by atoms with E-state index in [2.05, 4.69) is 20.6 Å². The van der Waals surface area contributed by atoms with Crippen molar-refractivity contribution in [3.8, 4) is 0 Å². The van der Waals surface area contributed by atoms with Crippen molar-refractivity contribution < 1.29 is 4.79 Å². The highest BCUT2D eigenvalue weighted by molar-refractivity contribution is 6.28. The highest BCUT2D eigenvalue weighted by Gasteiger charge is 2.05. The second kappa shape index (κ2) is 6.24. The highest BCUT2D eigenvalue weighted by Crippen LogP contribution is 2.15. The van der Waals surface area contributed by atoms with Crippen LogP contribution in [0.2, 0.25) is 5.28 Å². The predicted molar refractivity (Wildman–Crippen MR) is 67.8 cm³/mol. The lowest BCUT2D eigenvalue weighted by Crippen LogP contribution is -2.31. The number of amides is 1. The van der Waals surface area contributed by atoms with Crippen molar-refractivity contribution in [3.05, 3.63) is 11.5 Å². The van der Waals surface area contributed by atoms with Crippen LogP contribution >= 0.6 is 11.6 Å². The van der Waals surface area contributed by atoms with Crippen molar-refractivity contribution in [3.63, 3.8) is 0 Å². The first-order chi connectivity index (χ1) is 7.99. The molecule has 1 heterocycles. The number of hydrogen-bond acceptors (Lipinski definition) is 5. The standard InChI is InChI=1S/C10H16ClN5O/c1-6(2)15-8(17)3-4-13-9-7(12)5-14-10(11)16-9/h5-6H,3-4,12H2,1-2H3,(H,15,17)(H,13,14,16). The van der Waals surface area contributed by atoms with E-state index in [0.717, 1.165) is 0 Å². The maximum Gasteiger partial charge on any atom is 0.224 e. The van der Waals surface area contributed by atoms with Gasteiger partial charge in [0.25, 0.3) is 0 Å². The topological polar surface area (TPSA) is 92.9 Å². The second-order valence-electron chi connectivity index (χ2n) is 3.84. The number of anilines is 2. The minimum atomic E-state index is -0.0220. The summed E-state index contributed by atoms with van der Waals surface area (Å²) in [5, 5.41) is 5.84. The van der Waals surface area contributed by atoms with Gasteiger partial charge in [0.1, 0.15) is 0 Å². The summed E-state index contributed by atoms with van der Waals surface area (Å²) in [6, 6.07) is 0.140. The van der Waals surface area contributed by atoms with Crippen molar-refractivity contribution in [2.75, 3.05) is 17.6 Å². The molecular weight excluding hydrogens is 242 g/mol. The van der Waals surface area contributed by atoms with Gasteiger partial charge in [0.2, 0.25) is 11.2 Å². The Morgan fingerprint density at radius 1 is 1.59 bits per heavy atom. The van der Waals surface area contributed by atoms with Crippen molar-refractivity contribution >= 4 is 29.0 Å². The van der Waals surface area contributed by atoms with Crippen LogP contribution < -0.4 is 16.4 Å². The van der Waals surface area contributed by atoms with Gasteiger partial charge < -0.3 is 16.4 Å². The lowest BCUT2D eigenvalue weighted by Gasteiger charge is -2.10. The third-order valence-electron chi connectivity index (χ3n) is 1.88. The van der Waals surface area contributed by atoms with Crippen molar-refractivity contribution in [2.45, 2.75) is 26.3 Å². The molecule has 0 aliphatic heterocycles. The molecule has 17 heavy (non-hydrogen) atoms. The third kappa shape index (κ3) is 4.86. The van der Waals surface area contributed by atoms with Crippen LogP contribution in [0.4, 0.5) is 11.5 Å². The molecule has 6 nitrogen and oxygen atoms in total. The van der Waals surface area contributed by atoms with Crippen LogP contribution in [-0.2, 0) is 4.79 Å². The Bertz CT molecular complexity index is 396. The molecule has 0 fully saturated rings. The average Bonchev–Trinajstić information content (AvgIpc) is 2.22. The van der Waals surface area contributed by atoms with Crippen LogP contribution in [0, 0.1) is 0 Å². The van der Waals surface area contributed by atoms with E-state index in [1.165, 1.54) is 6.20 Å². The summed E-state index contributed by atoms with van der Waals surface area (Å²) >= 11 is 5.63. The zero-order valence-corrected chi connectivity index (χ0v) is 10.6. The molecule has 1 aromatic heterocycles. The van der Waals surface area contributed by atoms with Crippen molar-refractivity contribution in [1.82, 2.24) is 15.3 Å². The Labute approximate surface area is 105 Å². The Morgan fingerprint density at radius 2 is 2.29 bits per heavy atom. The average molecular weight is 258 g/mol. The molecule has 94 valence electrons. The molecule has 0 unspecified atom stereocenters. The van der Waals surface area contributed by atoms with E-state index in [1.54, 1.807) is 0 Å². The van der Waals surface area contributed by atoms with Gasteiger partial charge >= 0.3 is 0 Å². The van der Waals surface area contributed by atoms with E-state index in [1.807, 2.05) is 13.8 Å². The van der Waals surface area contributed by atoms with Crippen LogP contribution in [0.3, 0.4) is 0 Å². The van der Waals surface area contributed by atoms with Gasteiger partial charge in [0.05, 0.1) is 11.9 Å². The first-order valence-electron chi connectivity index (χ1n) is 5.30. The fourth-order valence-electron chi connectivity index (χ4n) is 1.20. The van der Waals surface area contributed by atoms with Crippen LogP contribution in [0.1, 0.15) is 20.3 Å². The van der Waals surface area contributed by atoms with Gasteiger partial charge in [-0.1, -0.05) is 0 Å². The Kier molecular flexibility index (Phi) is 4.96. The van der Waals surface area contributed by atoms with Gasteiger partial charge in [-0.15, -0.1) is 0 Å². The van der Waals surface area contributed by atoms with E-state index >= 15 is 0 Å². The number of rotatable bonds is 5. The minimum Gasteiger partial charge on any atom is -0.394 e. The van der Waals surface area contributed by atoms with E-state index in [0.29, 0.717) is 24.5 Å². The van der Waals surface area contributed by atoms with E-state index < -0.39 is 0 Å². The molecule has 0 radical (unpaired) electrons. The zero-order valence-electron chi connectivity index (χ0n) is 9.83. The van der Waals surface area contributed by atoms with Gasteiger partial charge in [-0.3, -0.25) is 4.79 Å². The lowest BCUT2D eigenvalue weighted by atomic mass is 10.3. The molecule has 0 aliphatic rings. The molecule has 0 saturated heterocycles. The van der Waals surface area contributed by atoms with Crippen LogP contribution in [-0.4, -0.2) is 28.5 Å². The molecule has 0 atom stereocenters. The third-order valence-corrected chi connectivity index (χ3v) is 2.06. The number of carbonyl (C=O) groups excluding carboxylic acids is 1. The number of carbonyl (C=O) groups is 1. The molecule has 4 N–H and O–H groups in total. The molecule has 7 heteroatoms. The van der Waals surface area contributed by atoms with Gasteiger partial charge in [-0.2, -0.15) is 4.98 Å². The first kappa shape index (κ1) is 13.5. The molecule has 0 saturated carbocycles. The molecule has 0 bridgehead atoms. The number of nitrogen functional groups attached to an aromatic ring is 1. The Hall–Kier alpha value is -1.56. The molecule has 1 amide bonds. The monoisotopic (exact) mass is 257 g/mol. The number of halogens is 1. The first-order valence-corrected chi connectivity index (χ1v) is 5.68. The molecule has 0 aromatic carbocycles. The van der Waals surface area contributed by atoms with Gasteiger partial charge in [-0.05, 0) is 25.4 Å². The van der Waals surface area contributed by atoms with E-state index in [4.69, 9.17) is 17.3 Å². The summed E-state index contributed by atoms with van der Waals surface area (Å²) in [6.45, 7) is 4.26. The SMILES string of the molecule is CC(C)NC(=O)CCNc1nc(Cl)ncc1N. The second-order valence-corrected chi connectivity index (χ2v) is 4.18. The summed E-state index contributed by atoms with van der Waals surface area (Å²) in [7, 11) is 0. The smallest absolute Gasteiger partial charge is 0.224 e. The quantitative estimate of drug-likeness (QED) is 0.686. The minimum absolute atomic E-state index is 0.0220. The largest absolute Gasteiger partial charge is 0.394 e. The molecular formula is C10H16ClN5O. The van der Waals surface area contributed by atoms with Crippen molar-refractivity contribution in [1.29, 1.82) is 0 Å². The lowest BCUT2D eigenvalue weighted by molar-refractivity contribution is -0.121. The van der Waals surface area contributed by atoms with Gasteiger partial charge in [0.15, 0.2) is 5.82 Å². The number of hydrogen-bond donors (Lipinski definition) is 3. The number of nitrogens with two attached hydrogens (primary N) is 1. The Balaban J connectivity index is 2.40. The predicted octanol–water partition coefficient (Wildman–Crippen LogP) is 1.04. The number of nitrogens with one attached hydrogen (secondary N) is 2.